The fourth-order valence-corrected chi connectivity index (χ4v) is 2.58. The smallest absolute Gasteiger partial charge is 0.293 e. The zero-order valence-electron chi connectivity index (χ0n) is 4.15. The quantitative estimate of drug-likeness (QED) is 0.398. The maximum atomic E-state index is 5.65. The third-order valence-electron chi connectivity index (χ3n) is 0.656. The van der Waals surface area contributed by atoms with Gasteiger partial charge in [-0.3, -0.25) is 0 Å². The molecule has 46 valence electrons. The molecule has 0 N–H and O–H groups in total. The largest absolute Gasteiger partial charge is 1.00 e. The highest BCUT2D eigenvalue weighted by Crippen LogP contribution is 2.25. The van der Waals surface area contributed by atoms with Crippen molar-refractivity contribution >= 4 is 32.3 Å². The van der Waals surface area contributed by atoms with Crippen molar-refractivity contribution in [2.75, 3.05) is 0 Å². The van der Waals surface area contributed by atoms with Gasteiger partial charge in [-0.15, -0.1) is 0 Å². The molecule has 0 aliphatic heterocycles. The van der Waals surface area contributed by atoms with Crippen LogP contribution in [0.15, 0.2) is 5.38 Å². The first-order chi connectivity index (χ1) is 3.30. The molecule has 1 heterocycles. The highest BCUT2D eigenvalue weighted by atomic mass is 35.5. The predicted octanol–water partition coefficient (Wildman–Crippen LogP) is 0.0565. The van der Waals surface area contributed by atoms with Crippen LogP contribution in [0.5, 0.6) is 0 Å². The minimum Gasteiger partial charge on any atom is -1.00 e. The van der Waals surface area contributed by atoms with Gasteiger partial charge < -0.3 is 12.4 Å². The van der Waals surface area contributed by atoms with E-state index in [0.717, 1.165) is 4.34 Å². The van der Waals surface area contributed by atoms with E-state index in [1.165, 1.54) is 5.56 Å². The summed E-state index contributed by atoms with van der Waals surface area (Å²) < 4.78 is 0.921. The van der Waals surface area contributed by atoms with Crippen molar-refractivity contribution in [3.05, 3.63) is 15.3 Å². The molecule has 0 atom stereocenters. The Balaban J connectivity index is 0.000000490. The number of hydrogen-bond acceptors (Lipinski definition) is 1. The second-order valence-electron chi connectivity index (χ2n) is 1.25. The Morgan fingerprint density at radius 3 is 2.50 bits per heavy atom. The molecule has 0 unspecified atom stereocenters. The molecule has 1 rings (SSSR count). The average molecular weight is 187 g/mol. The van der Waals surface area contributed by atoms with Crippen LogP contribution in [0.25, 0.3) is 0 Å². The molecule has 0 bridgehead atoms. The molecule has 0 nitrogen and oxygen atoms in total. The summed E-state index contributed by atoms with van der Waals surface area (Å²) in [5.74, 6) is 0. The van der Waals surface area contributed by atoms with Crippen molar-refractivity contribution in [1.82, 2.24) is 0 Å². The summed E-state index contributed by atoms with van der Waals surface area (Å²) in [5.41, 5.74) is 1.19. The van der Waals surface area contributed by atoms with Crippen LogP contribution < -0.4 is 12.4 Å². The molecule has 0 saturated heterocycles. The van der Waals surface area contributed by atoms with Crippen LogP contribution >= 0.6 is 32.3 Å². The van der Waals surface area contributed by atoms with Crippen LogP contribution in [0.2, 0.25) is 4.34 Å². The van der Waals surface area contributed by atoms with Gasteiger partial charge >= 0.3 is 0 Å². The lowest BCUT2D eigenvalue weighted by Crippen LogP contribution is -3.00. The Kier molecular flexibility index (Phi) is 3.90. The maximum absolute atomic E-state index is 5.65. The maximum Gasteiger partial charge on any atom is 0.293 e. The average Bonchev–Trinajstić information content (AvgIpc) is 1.91. The summed E-state index contributed by atoms with van der Waals surface area (Å²) in [6, 6.07) is 0. The van der Waals surface area contributed by atoms with Crippen LogP contribution in [0.1, 0.15) is 5.56 Å². The fraction of sp³-hybridized carbons (Fsp3) is 0.250. The van der Waals surface area contributed by atoms with Gasteiger partial charge in [0, 0.05) is 5.56 Å². The van der Waals surface area contributed by atoms with E-state index in [-0.39, 0.29) is 12.4 Å². The monoisotopic (exact) mass is 186 g/mol. The van der Waals surface area contributed by atoms with Crippen molar-refractivity contribution in [2.45, 2.75) is 6.92 Å². The SMILES string of the molecule is Cc1c[s+]sc1Cl.[Cl-]. The first kappa shape index (κ1) is 8.63. The van der Waals surface area contributed by atoms with Crippen molar-refractivity contribution in [1.29, 1.82) is 0 Å². The number of rotatable bonds is 0. The first-order valence-corrected chi connectivity index (χ1v) is 4.43. The molecule has 8 heavy (non-hydrogen) atoms. The number of halogens is 2. The van der Waals surface area contributed by atoms with Gasteiger partial charge in [0.1, 0.15) is 0 Å². The number of aryl methyl sites for hydroxylation is 1. The molecular formula is C4H4Cl2S2. The molecule has 0 aliphatic rings. The minimum atomic E-state index is 0. The molecule has 1 aromatic rings. The second kappa shape index (κ2) is 3.62. The van der Waals surface area contributed by atoms with Crippen molar-refractivity contribution in [2.24, 2.45) is 0 Å². The molecule has 0 radical (unpaired) electrons. The molecule has 0 saturated carbocycles. The third kappa shape index (κ3) is 1.86. The Morgan fingerprint density at radius 2 is 2.38 bits per heavy atom. The van der Waals surface area contributed by atoms with Gasteiger partial charge in [0.2, 0.25) is 5.38 Å². The van der Waals surface area contributed by atoms with E-state index in [0.29, 0.717) is 0 Å². The molecule has 0 spiro atoms. The highest BCUT2D eigenvalue weighted by Gasteiger charge is 2.03. The van der Waals surface area contributed by atoms with Gasteiger partial charge in [0.15, 0.2) is 14.7 Å². The lowest BCUT2D eigenvalue weighted by Gasteiger charge is -1.68. The topological polar surface area (TPSA) is 0 Å². The summed E-state index contributed by atoms with van der Waals surface area (Å²) in [6.07, 6.45) is 0. The van der Waals surface area contributed by atoms with Gasteiger partial charge in [-0.1, -0.05) is 11.6 Å². The fourth-order valence-electron chi connectivity index (χ4n) is 0.251. The van der Waals surface area contributed by atoms with E-state index in [1.807, 2.05) is 12.3 Å². The first-order valence-electron chi connectivity index (χ1n) is 1.83. The standard InChI is InChI=1S/C4H4ClS2.ClH/c1-3-2-6-7-4(3)5;/h2H,1H3;1H/q+1;/p-1. The zero-order chi connectivity index (χ0) is 5.28. The molecule has 0 aliphatic carbocycles. The van der Waals surface area contributed by atoms with E-state index in [4.69, 9.17) is 11.6 Å². The normalized spacial score (nSPS) is 8.25. The van der Waals surface area contributed by atoms with Gasteiger partial charge in [-0.2, -0.15) is 0 Å². The summed E-state index contributed by atoms with van der Waals surface area (Å²) in [6.45, 7) is 2.01. The van der Waals surface area contributed by atoms with Crippen LogP contribution in [0.4, 0.5) is 0 Å². The van der Waals surface area contributed by atoms with Crippen LogP contribution in [0.3, 0.4) is 0 Å². The molecule has 0 aromatic carbocycles. The Morgan fingerprint density at radius 1 is 1.75 bits per heavy atom. The van der Waals surface area contributed by atoms with Gasteiger partial charge in [-0.05, 0) is 6.92 Å². The van der Waals surface area contributed by atoms with E-state index in [2.05, 4.69) is 0 Å². The molecular weight excluding hydrogens is 183 g/mol. The minimum absolute atomic E-state index is 0. The van der Waals surface area contributed by atoms with E-state index in [1.54, 1.807) is 20.7 Å². The number of hydrogen-bond donors (Lipinski definition) is 0. The van der Waals surface area contributed by atoms with Crippen molar-refractivity contribution in [3.63, 3.8) is 0 Å². The van der Waals surface area contributed by atoms with Gasteiger partial charge in [-0.25, -0.2) is 0 Å². The van der Waals surface area contributed by atoms with Crippen molar-refractivity contribution < 1.29 is 12.4 Å². The molecule has 0 fully saturated rings. The lowest BCUT2D eigenvalue weighted by atomic mass is 10.5. The third-order valence-corrected chi connectivity index (χ3v) is 3.55. The zero-order valence-corrected chi connectivity index (χ0v) is 7.29. The van der Waals surface area contributed by atoms with E-state index in [9.17, 15) is 0 Å². The summed E-state index contributed by atoms with van der Waals surface area (Å²) in [7, 11) is 3.29. The highest BCUT2D eigenvalue weighted by molar-refractivity contribution is 7.69. The lowest BCUT2D eigenvalue weighted by molar-refractivity contribution is -0.00000126. The Hall–Kier alpha value is 0.630. The van der Waals surface area contributed by atoms with Gasteiger partial charge in [0.25, 0.3) is 10.3 Å². The van der Waals surface area contributed by atoms with E-state index < -0.39 is 0 Å². The molecule has 0 amide bonds. The predicted molar refractivity (Wildman–Crippen MR) is 36.4 cm³/mol. The van der Waals surface area contributed by atoms with E-state index >= 15 is 0 Å². The Labute approximate surface area is 66.9 Å². The summed E-state index contributed by atoms with van der Waals surface area (Å²) in [5, 5.41) is 2.05. The summed E-state index contributed by atoms with van der Waals surface area (Å²) >= 11 is 5.65. The van der Waals surface area contributed by atoms with Crippen LogP contribution in [0, 0.1) is 6.92 Å². The molecule has 4 heteroatoms. The van der Waals surface area contributed by atoms with Crippen LogP contribution in [-0.2, 0) is 0 Å². The Bertz CT molecular complexity index is 144. The second-order valence-corrected chi connectivity index (χ2v) is 3.94. The van der Waals surface area contributed by atoms with Crippen LogP contribution in [-0.4, -0.2) is 0 Å². The summed E-state index contributed by atoms with van der Waals surface area (Å²) in [4.78, 5) is 0. The van der Waals surface area contributed by atoms with Gasteiger partial charge in [0.05, 0.1) is 0 Å². The van der Waals surface area contributed by atoms with Crippen molar-refractivity contribution in [3.8, 4) is 0 Å². The molecule has 1 aromatic heterocycles.